The number of anilines is 1. The SMILES string of the molecule is CC1(C)C2=CNC(C3=CC=C(C4Nc5ccccc5S4)NC3)=NC2c2ccccc21. The van der Waals surface area contributed by atoms with Gasteiger partial charge in [0.1, 0.15) is 17.3 Å². The van der Waals surface area contributed by atoms with Gasteiger partial charge in [-0.1, -0.05) is 68.1 Å². The molecule has 0 radical (unpaired) electrons. The molecule has 3 heterocycles. The summed E-state index contributed by atoms with van der Waals surface area (Å²) in [7, 11) is 0. The molecule has 0 spiro atoms. The number of allylic oxidation sites excluding steroid dienone is 2. The Kier molecular flexibility index (Phi) is 3.90. The third kappa shape index (κ3) is 2.65. The van der Waals surface area contributed by atoms with E-state index in [9.17, 15) is 0 Å². The third-order valence-corrected chi connectivity index (χ3v) is 7.74. The highest BCUT2D eigenvalue weighted by molar-refractivity contribution is 8.00. The molecule has 2 atom stereocenters. The zero-order chi connectivity index (χ0) is 20.3. The Morgan fingerprint density at radius 2 is 1.87 bits per heavy atom. The maximum Gasteiger partial charge on any atom is 0.130 e. The Bertz CT molecular complexity index is 1150. The van der Waals surface area contributed by atoms with Gasteiger partial charge in [0.25, 0.3) is 0 Å². The van der Waals surface area contributed by atoms with Crippen LogP contribution in [0.2, 0.25) is 0 Å². The Balaban J connectivity index is 1.26. The minimum absolute atomic E-state index is 0.00985. The molecule has 0 fully saturated rings. The lowest BCUT2D eigenvalue weighted by Crippen LogP contribution is -2.35. The standard InChI is InChI=1S/C25H24N4S/c1-25(2)17-8-4-3-7-16(17)22-18(25)14-27-23(29-22)15-11-12-20(26-13-15)24-28-19-9-5-6-10-21(19)30-24/h3-12,14,22,24,26,28H,13H2,1-2H3,(H,27,29). The lowest BCUT2D eigenvalue weighted by atomic mass is 9.82. The highest BCUT2D eigenvalue weighted by Crippen LogP contribution is 2.51. The molecule has 6 rings (SSSR count). The smallest absolute Gasteiger partial charge is 0.130 e. The summed E-state index contributed by atoms with van der Waals surface area (Å²) in [5, 5.41) is 10.9. The van der Waals surface area contributed by atoms with E-state index in [2.05, 4.69) is 96.7 Å². The molecule has 1 aliphatic carbocycles. The predicted octanol–water partition coefficient (Wildman–Crippen LogP) is 4.86. The minimum Gasteiger partial charge on any atom is -0.382 e. The number of amidine groups is 1. The molecule has 4 nitrogen and oxygen atoms in total. The van der Waals surface area contributed by atoms with Gasteiger partial charge in [0, 0.05) is 40.0 Å². The van der Waals surface area contributed by atoms with Crippen molar-refractivity contribution in [3.8, 4) is 0 Å². The number of dihydropyridines is 1. The van der Waals surface area contributed by atoms with Gasteiger partial charge in [0.15, 0.2) is 0 Å². The van der Waals surface area contributed by atoms with E-state index in [0.717, 1.165) is 12.4 Å². The van der Waals surface area contributed by atoms with Crippen LogP contribution in [0.25, 0.3) is 0 Å². The first-order valence-corrected chi connectivity index (χ1v) is 11.3. The van der Waals surface area contributed by atoms with Gasteiger partial charge in [0.2, 0.25) is 0 Å². The van der Waals surface area contributed by atoms with Crippen LogP contribution in [0.15, 0.2) is 93.6 Å². The van der Waals surface area contributed by atoms with Gasteiger partial charge in [-0.3, -0.25) is 4.99 Å². The van der Waals surface area contributed by atoms with Crippen LogP contribution in [0.1, 0.15) is 31.0 Å². The van der Waals surface area contributed by atoms with E-state index < -0.39 is 0 Å². The van der Waals surface area contributed by atoms with Crippen molar-refractivity contribution in [2.24, 2.45) is 4.99 Å². The van der Waals surface area contributed by atoms with Crippen molar-refractivity contribution in [1.29, 1.82) is 0 Å². The molecule has 150 valence electrons. The van der Waals surface area contributed by atoms with Crippen LogP contribution in [-0.4, -0.2) is 17.8 Å². The normalized spacial score (nSPS) is 25.3. The third-order valence-electron chi connectivity index (χ3n) is 6.52. The number of rotatable bonds is 2. The monoisotopic (exact) mass is 412 g/mol. The first kappa shape index (κ1) is 17.9. The second-order valence-corrected chi connectivity index (χ2v) is 9.79. The number of para-hydroxylation sites is 1. The van der Waals surface area contributed by atoms with E-state index >= 15 is 0 Å². The molecule has 2 unspecified atom stereocenters. The summed E-state index contributed by atoms with van der Waals surface area (Å²) in [4.78, 5) is 6.44. The van der Waals surface area contributed by atoms with Crippen LogP contribution in [0.5, 0.6) is 0 Å². The van der Waals surface area contributed by atoms with Gasteiger partial charge in [-0.2, -0.15) is 0 Å². The molecule has 2 aromatic rings. The summed E-state index contributed by atoms with van der Waals surface area (Å²) in [5.41, 5.74) is 7.68. The molecule has 3 aliphatic heterocycles. The van der Waals surface area contributed by atoms with E-state index in [1.165, 1.54) is 38.6 Å². The van der Waals surface area contributed by atoms with Gasteiger partial charge in [-0.25, -0.2) is 0 Å². The van der Waals surface area contributed by atoms with Crippen LogP contribution in [-0.2, 0) is 5.41 Å². The van der Waals surface area contributed by atoms with E-state index in [1.807, 2.05) is 11.8 Å². The van der Waals surface area contributed by atoms with Crippen molar-refractivity contribution in [1.82, 2.24) is 10.6 Å². The van der Waals surface area contributed by atoms with Crippen molar-refractivity contribution < 1.29 is 0 Å². The molecule has 0 bridgehead atoms. The second kappa shape index (κ2) is 6.54. The van der Waals surface area contributed by atoms with Crippen LogP contribution < -0.4 is 16.0 Å². The number of benzene rings is 2. The zero-order valence-electron chi connectivity index (χ0n) is 17.1. The van der Waals surface area contributed by atoms with Crippen molar-refractivity contribution >= 4 is 23.3 Å². The molecule has 5 heteroatoms. The largest absolute Gasteiger partial charge is 0.382 e. The fourth-order valence-corrected chi connectivity index (χ4v) is 5.97. The van der Waals surface area contributed by atoms with Crippen molar-refractivity contribution in [3.05, 3.63) is 94.9 Å². The summed E-state index contributed by atoms with van der Waals surface area (Å²) in [5.74, 6) is 0.967. The molecule has 0 aromatic heterocycles. The number of fused-ring (bicyclic) bond motifs is 4. The first-order chi connectivity index (χ1) is 14.6. The highest BCUT2D eigenvalue weighted by atomic mass is 32.2. The van der Waals surface area contributed by atoms with Crippen LogP contribution in [0, 0.1) is 0 Å². The van der Waals surface area contributed by atoms with Crippen molar-refractivity contribution in [2.75, 3.05) is 11.9 Å². The van der Waals surface area contributed by atoms with E-state index in [1.54, 1.807) is 0 Å². The molecule has 0 amide bonds. The summed E-state index contributed by atoms with van der Waals surface area (Å²) >= 11 is 1.86. The number of hydrogen-bond acceptors (Lipinski definition) is 5. The molecule has 30 heavy (non-hydrogen) atoms. The molecule has 0 saturated heterocycles. The number of nitrogens with one attached hydrogen (secondary N) is 3. The van der Waals surface area contributed by atoms with Crippen molar-refractivity contribution in [2.45, 2.75) is 35.6 Å². The molecule has 2 aromatic carbocycles. The molecular weight excluding hydrogens is 388 g/mol. The number of nitrogens with zero attached hydrogens (tertiary/aromatic N) is 1. The second-order valence-electron chi connectivity index (χ2n) is 8.64. The van der Waals surface area contributed by atoms with E-state index in [4.69, 9.17) is 4.99 Å². The van der Waals surface area contributed by atoms with Crippen LogP contribution >= 0.6 is 11.8 Å². The van der Waals surface area contributed by atoms with E-state index in [0.29, 0.717) is 0 Å². The van der Waals surface area contributed by atoms with Gasteiger partial charge in [0.05, 0.1) is 0 Å². The summed E-state index contributed by atoms with van der Waals surface area (Å²) in [6.45, 7) is 5.36. The fourth-order valence-electron chi connectivity index (χ4n) is 4.83. The minimum atomic E-state index is 0.00985. The average molecular weight is 413 g/mol. The van der Waals surface area contributed by atoms with Crippen LogP contribution in [0.4, 0.5) is 5.69 Å². The summed E-state index contributed by atoms with van der Waals surface area (Å²) in [6.07, 6.45) is 6.57. The Morgan fingerprint density at radius 3 is 2.70 bits per heavy atom. The van der Waals surface area contributed by atoms with Gasteiger partial charge >= 0.3 is 0 Å². The maximum atomic E-state index is 5.14. The average Bonchev–Trinajstić information content (AvgIpc) is 3.32. The number of hydrogen-bond donors (Lipinski definition) is 3. The van der Waals surface area contributed by atoms with Crippen LogP contribution in [0.3, 0.4) is 0 Å². The lowest BCUT2D eigenvalue weighted by molar-refractivity contribution is 0.610. The maximum absolute atomic E-state index is 5.14. The quantitative estimate of drug-likeness (QED) is 0.659. The Morgan fingerprint density at radius 1 is 1.03 bits per heavy atom. The Labute approximate surface area is 181 Å². The van der Waals surface area contributed by atoms with Crippen molar-refractivity contribution in [3.63, 3.8) is 0 Å². The molecular formula is C25H24N4S. The molecule has 4 aliphatic rings. The number of thioether (sulfide) groups is 1. The zero-order valence-corrected chi connectivity index (χ0v) is 17.9. The fraction of sp³-hybridized carbons (Fsp3) is 0.240. The highest BCUT2D eigenvalue weighted by Gasteiger charge is 2.43. The van der Waals surface area contributed by atoms with E-state index in [-0.39, 0.29) is 16.8 Å². The lowest BCUT2D eigenvalue weighted by Gasteiger charge is -2.28. The summed E-state index contributed by atoms with van der Waals surface area (Å²) < 4.78 is 0. The summed E-state index contributed by atoms with van der Waals surface area (Å²) in [6, 6.07) is 17.3. The van der Waals surface area contributed by atoms with Gasteiger partial charge in [-0.05, 0) is 34.9 Å². The molecule has 3 N–H and O–H groups in total. The molecule has 0 saturated carbocycles. The first-order valence-electron chi connectivity index (χ1n) is 10.4. The topological polar surface area (TPSA) is 48.4 Å². The predicted molar refractivity (Wildman–Crippen MR) is 125 cm³/mol. The Hall–Kier alpha value is -2.92. The van der Waals surface area contributed by atoms with Gasteiger partial charge < -0.3 is 16.0 Å². The number of aliphatic imine (C=N–C) groups is 1. The van der Waals surface area contributed by atoms with Gasteiger partial charge in [-0.15, -0.1) is 0 Å².